The summed E-state index contributed by atoms with van der Waals surface area (Å²) in [6.45, 7) is 0. The third-order valence-corrected chi connectivity index (χ3v) is 2.94. The highest BCUT2D eigenvalue weighted by atomic mass is 16.5. The van der Waals surface area contributed by atoms with Gasteiger partial charge in [-0.3, -0.25) is 0 Å². The highest BCUT2D eigenvalue weighted by Gasteiger charge is 2.10. The average Bonchev–Trinajstić information content (AvgIpc) is 2.47. The number of rotatable bonds is 4. The zero-order chi connectivity index (χ0) is 13.7. The molecule has 0 aliphatic heterocycles. The molecule has 2 rings (SSSR count). The largest absolute Gasteiger partial charge is 0.493 e. The maximum absolute atomic E-state index is 8.92. The molecule has 0 atom stereocenters. The van der Waals surface area contributed by atoms with Crippen LogP contribution in [0.15, 0.2) is 42.5 Å². The summed E-state index contributed by atoms with van der Waals surface area (Å²) in [4.78, 5) is 0. The number of hydrogen-bond acceptors (Lipinski definition) is 3. The van der Waals surface area contributed by atoms with Crippen molar-refractivity contribution in [2.24, 2.45) is 0 Å². The molecule has 0 fully saturated rings. The molecule has 2 aromatic rings. The number of methoxy groups -OCH3 is 2. The first-order valence-corrected chi connectivity index (χ1v) is 5.97. The Balaban J connectivity index is 2.35. The first-order valence-electron chi connectivity index (χ1n) is 5.97. The summed E-state index contributed by atoms with van der Waals surface area (Å²) in [6.07, 6.45) is 0.704. The third-order valence-electron chi connectivity index (χ3n) is 2.94. The Hall–Kier alpha value is -2.47. The smallest absolute Gasteiger partial charge is 0.164 e. The molecule has 0 saturated carbocycles. The van der Waals surface area contributed by atoms with E-state index in [1.54, 1.807) is 20.3 Å². The van der Waals surface area contributed by atoms with Gasteiger partial charge in [-0.2, -0.15) is 5.26 Å². The van der Waals surface area contributed by atoms with E-state index in [0.29, 0.717) is 12.0 Å². The van der Waals surface area contributed by atoms with Gasteiger partial charge in [-0.25, -0.2) is 0 Å². The number of ether oxygens (including phenoxy) is 2. The zero-order valence-corrected chi connectivity index (χ0v) is 11.0. The van der Waals surface area contributed by atoms with Gasteiger partial charge in [0.2, 0.25) is 0 Å². The summed E-state index contributed by atoms with van der Waals surface area (Å²) in [6, 6.07) is 15.5. The lowest BCUT2D eigenvalue weighted by molar-refractivity contribution is 0.352. The van der Waals surface area contributed by atoms with E-state index in [1.165, 1.54) is 0 Å². The molecular formula is C16H15NO2. The standard InChI is InChI=1S/C16H15NO2/c1-18-15-8-4-7-14(16(15)19-2)10-12-5-3-6-13(9-12)11-17/h3-9H,10H2,1-2H3. The minimum atomic E-state index is 0.666. The Labute approximate surface area is 113 Å². The van der Waals surface area contributed by atoms with Crippen LogP contribution in [-0.4, -0.2) is 14.2 Å². The zero-order valence-electron chi connectivity index (χ0n) is 11.0. The van der Waals surface area contributed by atoms with Crippen molar-refractivity contribution >= 4 is 0 Å². The Bertz CT molecular complexity index is 614. The van der Waals surface area contributed by atoms with Gasteiger partial charge in [0.1, 0.15) is 0 Å². The lowest BCUT2D eigenvalue weighted by atomic mass is 10.0. The summed E-state index contributed by atoms with van der Waals surface area (Å²) in [7, 11) is 3.25. The highest BCUT2D eigenvalue weighted by molar-refractivity contribution is 5.49. The molecule has 19 heavy (non-hydrogen) atoms. The van der Waals surface area contributed by atoms with Crippen molar-refractivity contribution in [2.45, 2.75) is 6.42 Å². The Kier molecular flexibility index (Phi) is 4.04. The fourth-order valence-corrected chi connectivity index (χ4v) is 2.06. The molecule has 0 aliphatic carbocycles. The molecule has 0 bridgehead atoms. The van der Waals surface area contributed by atoms with Crippen LogP contribution >= 0.6 is 0 Å². The topological polar surface area (TPSA) is 42.2 Å². The van der Waals surface area contributed by atoms with Crippen molar-refractivity contribution in [2.75, 3.05) is 14.2 Å². The highest BCUT2D eigenvalue weighted by Crippen LogP contribution is 2.32. The van der Waals surface area contributed by atoms with Crippen molar-refractivity contribution in [3.05, 3.63) is 59.2 Å². The summed E-state index contributed by atoms with van der Waals surface area (Å²) < 4.78 is 10.7. The van der Waals surface area contributed by atoms with Crippen LogP contribution in [0.1, 0.15) is 16.7 Å². The predicted octanol–water partition coefficient (Wildman–Crippen LogP) is 3.17. The van der Waals surface area contributed by atoms with Gasteiger partial charge in [0.15, 0.2) is 11.5 Å². The molecule has 0 unspecified atom stereocenters. The second-order valence-corrected chi connectivity index (χ2v) is 4.14. The molecule has 0 amide bonds. The van der Waals surface area contributed by atoms with E-state index in [-0.39, 0.29) is 0 Å². The van der Waals surface area contributed by atoms with Crippen molar-refractivity contribution < 1.29 is 9.47 Å². The molecule has 3 nitrogen and oxygen atoms in total. The first kappa shape index (κ1) is 13.0. The molecule has 0 aromatic heterocycles. The SMILES string of the molecule is COc1cccc(Cc2cccc(C#N)c2)c1OC. The fraction of sp³-hybridized carbons (Fsp3) is 0.188. The van der Waals surface area contributed by atoms with Crippen molar-refractivity contribution in [1.29, 1.82) is 5.26 Å². The van der Waals surface area contributed by atoms with E-state index >= 15 is 0 Å². The maximum Gasteiger partial charge on any atom is 0.164 e. The van der Waals surface area contributed by atoms with Gasteiger partial charge < -0.3 is 9.47 Å². The van der Waals surface area contributed by atoms with Crippen LogP contribution in [0.2, 0.25) is 0 Å². The Morgan fingerprint density at radius 1 is 1.05 bits per heavy atom. The van der Waals surface area contributed by atoms with Gasteiger partial charge in [0.05, 0.1) is 25.9 Å². The van der Waals surface area contributed by atoms with Crippen molar-refractivity contribution in [3.8, 4) is 17.6 Å². The van der Waals surface area contributed by atoms with Gasteiger partial charge in [0.25, 0.3) is 0 Å². The molecule has 96 valence electrons. The maximum atomic E-state index is 8.92. The summed E-state index contributed by atoms with van der Waals surface area (Å²) in [5.41, 5.74) is 2.78. The van der Waals surface area contributed by atoms with Crippen LogP contribution in [0.4, 0.5) is 0 Å². The van der Waals surface area contributed by atoms with Crippen LogP contribution in [0.25, 0.3) is 0 Å². The number of nitriles is 1. The number of benzene rings is 2. The van der Waals surface area contributed by atoms with E-state index in [2.05, 4.69) is 6.07 Å². The lowest BCUT2D eigenvalue weighted by Crippen LogP contribution is -1.97. The number of nitrogens with zero attached hydrogens (tertiary/aromatic N) is 1. The second kappa shape index (κ2) is 5.92. The van der Waals surface area contributed by atoms with E-state index < -0.39 is 0 Å². The van der Waals surface area contributed by atoms with Crippen LogP contribution in [0.3, 0.4) is 0 Å². The van der Waals surface area contributed by atoms with Crippen molar-refractivity contribution in [1.82, 2.24) is 0 Å². The molecule has 0 spiro atoms. The molecule has 0 N–H and O–H groups in total. The normalized spacial score (nSPS) is 9.74. The molecular weight excluding hydrogens is 238 g/mol. The molecule has 0 aliphatic rings. The first-order chi connectivity index (χ1) is 9.28. The van der Waals surface area contributed by atoms with Crippen molar-refractivity contribution in [3.63, 3.8) is 0 Å². The number of para-hydroxylation sites is 1. The van der Waals surface area contributed by atoms with Gasteiger partial charge in [-0.05, 0) is 23.8 Å². The van der Waals surface area contributed by atoms with E-state index in [0.717, 1.165) is 22.6 Å². The summed E-state index contributed by atoms with van der Waals surface area (Å²) in [5.74, 6) is 1.46. The Morgan fingerprint density at radius 3 is 2.53 bits per heavy atom. The third kappa shape index (κ3) is 2.86. The molecule has 0 radical (unpaired) electrons. The van der Waals surface area contributed by atoms with E-state index in [4.69, 9.17) is 14.7 Å². The molecule has 0 saturated heterocycles. The van der Waals surface area contributed by atoms with E-state index in [9.17, 15) is 0 Å². The number of hydrogen-bond donors (Lipinski definition) is 0. The monoisotopic (exact) mass is 253 g/mol. The van der Waals surface area contributed by atoms with Crippen LogP contribution in [0, 0.1) is 11.3 Å². The van der Waals surface area contributed by atoms with E-state index in [1.807, 2.05) is 36.4 Å². The van der Waals surface area contributed by atoms with Crippen LogP contribution in [0.5, 0.6) is 11.5 Å². The van der Waals surface area contributed by atoms with Gasteiger partial charge in [0, 0.05) is 12.0 Å². The van der Waals surface area contributed by atoms with Gasteiger partial charge in [-0.1, -0.05) is 24.3 Å². The molecule has 0 heterocycles. The minimum absolute atomic E-state index is 0.666. The quantitative estimate of drug-likeness (QED) is 0.840. The van der Waals surface area contributed by atoms with Crippen LogP contribution in [-0.2, 0) is 6.42 Å². The molecule has 2 aromatic carbocycles. The second-order valence-electron chi connectivity index (χ2n) is 4.14. The lowest BCUT2D eigenvalue weighted by Gasteiger charge is -2.12. The average molecular weight is 253 g/mol. The Morgan fingerprint density at radius 2 is 1.84 bits per heavy atom. The summed E-state index contributed by atoms with van der Waals surface area (Å²) in [5, 5.41) is 8.92. The summed E-state index contributed by atoms with van der Waals surface area (Å²) >= 11 is 0. The van der Waals surface area contributed by atoms with Gasteiger partial charge >= 0.3 is 0 Å². The predicted molar refractivity (Wildman–Crippen MR) is 73.5 cm³/mol. The fourth-order valence-electron chi connectivity index (χ4n) is 2.06. The van der Waals surface area contributed by atoms with Crippen LogP contribution < -0.4 is 9.47 Å². The van der Waals surface area contributed by atoms with Gasteiger partial charge in [-0.15, -0.1) is 0 Å². The minimum Gasteiger partial charge on any atom is -0.493 e. The molecule has 3 heteroatoms.